The lowest BCUT2D eigenvalue weighted by atomic mass is 10.1. The van der Waals surface area contributed by atoms with Crippen LogP contribution in [0, 0.1) is 0 Å². The van der Waals surface area contributed by atoms with E-state index in [1.54, 1.807) is 7.11 Å². The number of nitrogens with zero attached hydrogens (tertiary/aromatic N) is 2. The summed E-state index contributed by atoms with van der Waals surface area (Å²) in [7, 11) is 1.63. The summed E-state index contributed by atoms with van der Waals surface area (Å²) in [5.41, 5.74) is 1.99. The van der Waals surface area contributed by atoms with E-state index in [1.807, 2.05) is 48.5 Å². The molecule has 146 valence electrons. The molecular weight excluding hydrogens is 356 g/mol. The quantitative estimate of drug-likeness (QED) is 0.372. The van der Waals surface area contributed by atoms with Crippen molar-refractivity contribution in [2.24, 2.45) is 0 Å². The molecule has 0 aliphatic rings. The van der Waals surface area contributed by atoms with Crippen molar-refractivity contribution in [2.75, 3.05) is 33.5 Å². The van der Waals surface area contributed by atoms with Gasteiger partial charge in [-0.3, -0.25) is 0 Å². The van der Waals surface area contributed by atoms with Crippen LogP contribution >= 0.6 is 0 Å². The number of para-hydroxylation sites is 1. The van der Waals surface area contributed by atoms with Crippen LogP contribution in [0.1, 0.15) is 5.56 Å². The second kappa shape index (κ2) is 10.3. The van der Waals surface area contributed by atoms with E-state index in [-0.39, 0.29) is 0 Å². The number of rotatable bonds is 11. The molecule has 0 saturated heterocycles. The molecule has 0 spiro atoms. The lowest BCUT2D eigenvalue weighted by molar-refractivity contribution is 0.0750. The van der Waals surface area contributed by atoms with Crippen molar-refractivity contribution in [1.29, 1.82) is 0 Å². The van der Waals surface area contributed by atoms with E-state index >= 15 is 0 Å². The van der Waals surface area contributed by atoms with Crippen molar-refractivity contribution in [3.63, 3.8) is 0 Å². The Morgan fingerprint density at radius 1 is 0.929 bits per heavy atom. The van der Waals surface area contributed by atoms with E-state index in [4.69, 9.17) is 18.9 Å². The molecule has 28 heavy (non-hydrogen) atoms. The second-order valence-electron chi connectivity index (χ2n) is 5.98. The van der Waals surface area contributed by atoms with Gasteiger partial charge in [0.15, 0.2) is 11.5 Å². The first-order valence-corrected chi connectivity index (χ1v) is 9.12. The Morgan fingerprint density at radius 2 is 1.75 bits per heavy atom. The number of ether oxygens (including phenoxy) is 4. The third-order valence-corrected chi connectivity index (χ3v) is 4.07. The van der Waals surface area contributed by atoms with Crippen molar-refractivity contribution in [1.82, 2.24) is 9.97 Å². The lowest BCUT2D eigenvalue weighted by Gasteiger charge is -2.12. The van der Waals surface area contributed by atoms with E-state index < -0.39 is 0 Å². The zero-order valence-corrected chi connectivity index (χ0v) is 16.0. The normalized spacial score (nSPS) is 10.6. The summed E-state index contributed by atoms with van der Waals surface area (Å²) in [6, 6.07) is 13.6. The SMILES string of the molecule is C=CCc1ccc(OCCOCCOc2ncnc3ccccc23)c(OC)c1. The fourth-order valence-electron chi connectivity index (χ4n) is 2.73. The minimum Gasteiger partial charge on any atom is -0.493 e. The van der Waals surface area contributed by atoms with E-state index in [0.717, 1.165) is 22.9 Å². The number of allylic oxidation sites excluding steroid dienone is 1. The molecule has 0 bridgehead atoms. The van der Waals surface area contributed by atoms with Crippen LogP contribution in [0.2, 0.25) is 0 Å². The highest BCUT2D eigenvalue weighted by Crippen LogP contribution is 2.28. The van der Waals surface area contributed by atoms with Gasteiger partial charge in [0.1, 0.15) is 19.5 Å². The first-order chi connectivity index (χ1) is 13.8. The molecule has 0 fully saturated rings. The van der Waals surface area contributed by atoms with Gasteiger partial charge in [-0.25, -0.2) is 9.97 Å². The van der Waals surface area contributed by atoms with Gasteiger partial charge in [-0.15, -0.1) is 6.58 Å². The van der Waals surface area contributed by atoms with Gasteiger partial charge in [-0.2, -0.15) is 0 Å². The van der Waals surface area contributed by atoms with E-state index in [2.05, 4.69) is 16.5 Å². The van der Waals surface area contributed by atoms with Crippen LogP contribution in [-0.4, -0.2) is 43.5 Å². The minimum absolute atomic E-state index is 0.403. The van der Waals surface area contributed by atoms with Gasteiger partial charge in [-0.1, -0.05) is 24.3 Å². The zero-order chi connectivity index (χ0) is 19.6. The third-order valence-electron chi connectivity index (χ3n) is 4.07. The highest BCUT2D eigenvalue weighted by Gasteiger charge is 2.06. The molecule has 0 atom stereocenters. The molecule has 0 aliphatic carbocycles. The van der Waals surface area contributed by atoms with Gasteiger partial charge >= 0.3 is 0 Å². The molecule has 0 N–H and O–H groups in total. The number of aromatic nitrogens is 2. The van der Waals surface area contributed by atoms with Gasteiger partial charge in [0, 0.05) is 0 Å². The number of methoxy groups -OCH3 is 1. The zero-order valence-electron chi connectivity index (χ0n) is 16.0. The van der Waals surface area contributed by atoms with Gasteiger partial charge in [0.2, 0.25) is 5.88 Å². The first-order valence-electron chi connectivity index (χ1n) is 9.12. The highest BCUT2D eigenvalue weighted by molar-refractivity contribution is 5.82. The van der Waals surface area contributed by atoms with Crippen LogP contribution in [0.5, 0.6) is 17.4 Å². The highest BCUT2D eigenvalue weighted by atomic mass is 16.6. The Morgan fingerprint density at radius 3 is 2.57 bits per heavy atom. The van der Waals surface area contributed by atoms with E-state index in [0.29, 0.717) is 43.8 Å². The maximum Gasteiger partial charge on any atom is 0.224 e. The van der Waals surface area contributed by atoms with Crippen molar-refractivity contribution in [3.8, 4) is 17.4 Å². The molecule has 6 nitrogen and oxygen atoms in total. The van der Waals surface area contributed by atoms with Gasteiger partial charge in [0.25, 0.3) is 0 Å². The number of hydrogen-bond acceptors (Lipinski definition) is 6. The van der Waals surface area contributed by atoms with Crippen LogP contribution in [0.3, 0.4) is 0 Å². The molecular formula is C22H24N2O4. The summed E-state index contributed by atoms with van der Waals surface area (Å²) < 4.78 is 22.4. The summed E-state index contributed by atoms with van der Waals surface area (Å²) in [5.74, 6) is 1.97. The van der Waals surface area contributed by atoms with Crippen LogP contribution in [0.4, 0.5) is 0 Å². The molecule has 6 heteroatoms. The van der Waals surface area contributed by atoms with Crippen molar-refractivity contribution >= 4 is 10.9 Å². The second-order valence-corrected chi connectivity index (χ2v) is 5.98. The third kappa shape index (κ3) is 5.20. The monoisotopic (exact) mass is 380 g/mol. The topological polar surface area (TPSA) is 62.7 Å². The van der Waals surface area contributed by atoms with Crippen molar-refractivity contribution in [2.45, 2.75) is 6.42 Å². The average Bonchev–Trinajstić information content (AvgIpc) is 2.74. The van der Waals surface area contributed by atoms with Crippen LogP contribution in [0.25, 0.3) is 10.9 Å². The summed E-state index contributed by atoms with van der Waals surface area (Å²) in [5, 5.41) is 0.889. The Kier molecular flexibility index (Phi) is 7.21. The summed E-state index contributed by atoms with van der Waals surface area (Å²) >= 11 is 0. The Balaban J connectivity index is 1.39. The molecule has 0 unspecified atom stereocenters. The molecule has 0 amide bonds. The molecule has 1 aromatic heterocycles. The summed E-state index contributed by atoms with van der Waals surface area (Å²) in [6.07, 6.45) is 4.15. The first kappa shape index (κ1) is 19.6. The van der Waals surface area contributed by atoms with Crippen LogP contribution in [0.15, 0.2) is 61.4 Å². The number of hydrogen-bond donors (Lipinski definition) is 0. The predicted octanol–water partition coefficient (Wildman–Crippen LogP) is 3.84. The predicted molar refractivity (Wildman–Crippen MR) is 108 cm³/mol. The molecule has 1 heterocycles. The standard InChI is InChI=1S/C22H24N2O4/c1-3-6-17-9-10-20(21(15-17)25-2)27-13-11-26-12-14-28-22-18-7-4-5-8-19(18)23-16-24-22/h3-5,7-10,15-16H,1,6,11-14H2,2H3. The molecule has 2 aromatic carbocycles. The van der Waals surface area contributed by atoms with Gasteiger partial charge < -0.3 is 18.9 Å². The van der Waals surface area contributed by atoms with Crippen molar-refractivity contribution in [3.05, 3.63) is 67.0 Å². The molecule has 3 rings (SSSR count). The van der Waals surface area contributed by atoms with E-state index in [1.165, 1.54) is 6.33 Å². The molecule has 3 aromatic rings. The van der Waals surface area contributed by atoms with Gasteiger partial charge in [-0.05, 0) is 36.2 Å². The van der Waals surface area contributed by atoms with Crippen LogP contribution in [-0.2, 0) is 11.2 Å². The maximum atomic E-state index is 5.75. The fourth-order valence-corrected chi connectivity index (χ4v) is 2.73. The Labute approximate surface area is 164 Å². The summed E-state index contributed by atoms with van der Waals surface area (Å²) in [6.45, 7) is 5.47. The fraction of sp³-hybridized carbons (Fsp3) is 0.273. The molecule has 0 aliphatic heterocycles. The largest absolute Gasteiger partial charge is 0.493 e. The Bertz CT molecular complexity index is 909. The summed E-state index contributed by atoms with van der Waals surface area (Å²) in [4.78, 5) is 8.40. The van der Waals surface area contributed by atoms with Crippen molar-refractivity contribution < 1.29 is 18.9 Å². The van der Waals surface area contributed by atoms with E-state index in [9.17, 15) is 0 Å². The molecule has 0 saturated carbocycles. The lowest BCUT2D eigenvalue weighted by Crippen LogP contribution is -2.13. The maximum absolute atomic E-state index is 5.75. The Hall–Kier alpha value is -3.12. The number of benzene rings is 2. The van der Waals surface area contributed by atoms with Crippen LogP contribution < -0.4 is 14.2 Å². The number of fused-ring (bicyclic) bond motifs is 1. The smallest absolute Gasteiger partial charge is 0.224 e. The minimum atomic E-state index is 0.403. The average molecular weight is 380 g/mol. The van der Waals surface area contributed by atoms with Gasteiger partial charge in [0.05, 0.1) is 31.2 Å². The molecule has 0 radical (unpaired) electrons.